The molecule has 0 aliphatic rings. The van der Waals surface area contributed by atoms with Crippen LogP contribution in [-0.4, -0.2) is 21.6 Å². The molecule has 0 unspecified atom stereocenters. The van der Waals surface area contributed by atoms with E-state index in [1.807, 2.05) is 25.1 Å². The average molecular weight is 293 g/mol. The SMILES string of the molecule is CCCOc1nc(Cl)nc(Nc2ccc(C)c(C)c2)n1. The van der Waals surface area contributed by atoms with Gasteiger partial charge in [0.05, 0.1) is 6.61 Å². The molecule has 1 aromatic heterocycles. The number of rotatable bonds is 5. The maximum absolute atomic E-state index is 5.87. The number of benzene rings is 1. The largest absolute Gasteiger partial charge is 0.463 e. The van der Waals surface area contributed by atoms with Crippen molar-refractivity contribution in [2.24, 2.45) is 0 Å². The van der Waals surface area contributed by atoms with E-state index in [9.17, 15) is 0 Å². The highest BCUT2D eigenvalue weighted by Gasteiger charge is 2.06. The summed E-state index contributed by atoms with van der Waals surface area (Å²) in [4.78, 5) is 12.1. The van der Waals surface area contributed by atoms with Crippen LogP contribution in [-0.2, 0) is 0 Å². The number of hydrogen-bond acceptors (Lipinski definition) is 5. The zero-order valence-electron chi connectivity index (χ0n) is 11.8. The van der Waals surface area contributed by atoms with E-state index in [4.69, 9.17) is 16.3 Å². The normalized spacial score (nSPS) is 10.4. The highest BCUT2D eigenvalue weighted by molar-refractivity contribution is 6.28. The molecule has 6 heteroatoms. The molecule has 0 aliphatic heterocycles. The summed E-state index contributed by atoms with van der Waals surface area (Å²) in [5.74, 6) is 0.374. The van der Waals surface area contributed by atoms with Crippen molar-refractivity contribution in [3.05, 3.63) is 34.6 Å². The first-order chi connectivity index (χ1) is 9.58. The minimum absolute atomic E-state index is 0.109. The van der Waals surface area contributed by atoms with Gasteiger partial charge in [-0.15, -0.1) is 0 Å². The lowest BCUT2D eigenvalue weighted by Crippen LogP contribution is -2.05. The Morgan fingerprint density at radius 2 is 1.95 bits per heavy atom. The van der Waals surface area contributed by atoms with Gasteiger partial charge in [0.2, 0.25) is 11.2 Å². The molecule has 0 radical (unpaired) electrons. The summed E-state index contributed by atoms with van der Waals surface area (Å²) in [5, 5.41) is 3.21. The number of aryl methyl sites for hydroxylation is 2. The molecule has 0 bridgehead atoms. The van der Waals surface area contributed by atoms with E-state index in [1.54, 1.807) is 0 Å². The molecule has 1 heterocycles. The molecule has 0 saturated heterocycles. The van der Waals surface area contributed by atoms with Gasteiger partial charge in [0.15, 0.2) is 0 Å². The maximum atomic E-state index is 5.87. The lowest BCUT2D eigenvalue weighted by molar-refractivity contribution is 0.292. The Hall–Kier alpha value is -1.88. The molecular formula is C14H17ClN4O. The Morgan fingerprint density at radius 3 is 2.65 bits per heavy atom. The minimum Gasteiger partial charge on any atom is -0.463 e. The molecule has 0 saturated carbocycles. The molecule has 2 aromatic rings. The maximum Gasteiger partial charge on any atom is 0.322 e. The summed E-state index contributed by atoms with van der Waals surface area (Å²) >= 11 is 5.87. The number of ether oxygens (including phenoxy) is 1. The standard InChI is InChI=1S/C14H17ClN4O/c1-4-7-20-14-18-12(15)17-13(19-14)16-11-6-5-9(2)10(3)8-11/h5-6,8H,4,7H2,1-3H3,(H,16,17,18,19). The van der Waals surface area contributed by atoms with Gasteiger partial charge in [-0.3, -0.25) is 0 Å². The fourth-order valence-electron chi connectivity index (χ4n) is 1.59. The zero-order valence-corrected chi connectivity index (χ0v) is 12.5. The van der Waals surface area contributed by atoms with E-state index in [2.05, 4.69) is 34.1 Å². The van der Waals surface area contributed by atoms with Gasteiger partial charge in [-0.05, 0) is 55.1 Å². The molecule has 106 valence electrons. The summed E-state index contributed by atoms with van der Waals surface area (Å²) in [6.45, 7) is 6.67. The number of anilines is 2. The smallest absolute Gasteiger partial charge is 0.322 e. The molecule has 0 spiro atoms. The summed E-state index contributed by atoms with van der Waals surface area (Å²) < 4.78 is 5.37. The quantitative estimate of drug-likeness (QED) is 0.911. The second-order valence-electron chi connectivity index (χ2n) is 4.48. The lowest BCUT2D eigenvalue weighted by Gasteiger charge is -2.09. The van der Waals surface area contributed by atoms with Crippen molar-refractivity contribution in [1.29, 1.82) is 0 Å². The highest BCUT2D eigenvalue weighted by atomic mass is 35.5. The predicted octanol–water partition coefficient (Wildman–Crippen LogP) is 3.67. The van der Waals surface area contributed by atoms with Crippen LogP contribution >= 0.6 is 11.6 Å². The number of nitrogens with one attached hydrogen (secondary N) is 1. The Balaban J connectivity index is 2.19. The first-order valence-corrected chi connectivity index (χ1v) is 6.85. The molecule has 2 rings (SSSR count). The van der Waals surface area contributed by atoms with Crippen LogP contribution < -0.4 is 10.1 Å². The number of nitrogens with zero attached hydrogens (tertiary/aromatic N) is 3. The van der Waals surface area contributed by atoms with Gasteiger partial charge in [-0.1, -0.05) is 13.0 Å². The van der Waals surface area contributed by atoms with Crippen LogP contribution in [0.15, 0.2) is 18.2 Å². The van der Waals surface area contributed by atoms with Gasteiger partial charge in [-0.25, -0.2) is 0 Å². The summed E-state index contributed by atoms with van der Waals surface area (Å²) in [6.07, 6.45) is 0.878. The van der Waals surface area contributed by atoms with Gasteiger partial charge in [0, 0.05) is 5.69 Å². The second kappa shape index (κ2) is 6.52. The highest BCUT2D eigenvalue weighted by Crippen LogP contribution is 2.19. The van der Waals surface area contributed by atoms with Crippen LogP contribution in [0.25, 0.3) is 0 Å². The Labute approximate surface area is 123 Å². The first kappa shape index (κ1) is 14.5. The van der Waals surface area contributed by atoms with E-state index < -0.39 is 0 Å². The molecule has 20 heavy (non-hydrogen) atoms. The van der Waals surface area contributed by atoms with Crippen molar-refractivity contribution in [2.45, 2.75) is 27.2 Å². The fraction of sp³-hybridized carbons (Fsp3) is 0.357. The molecular weight excluding hydrogens is 276 g/mol. The third kappa shape index (κ3) is 3.81. The minimum atomic E-state index is 0.109. The summed E-state index contributed by atoms with van der Waals surface area (Å²) in [6, 6.07) is 6.26. The molecule has 0 aliphatic carbocycles. The second-order valence-corrected chi connectivity index (χ2v) is 4.82. The molecule has 0 fully saturated rings. The molecule has 5 nitrogen and oxygen atoms in total. The fourth-order valence-corrected chi connectivity index (χ4v) is 1.75. The molecule has 0 amide bonds. The van der Waals surface area contributed by atoms with Crippen molar-refractivity contribution >= 4 is 23.2 Å². The van der Waals surface area contributed by atoms with E-state index in [1.165, 1.54) is 11.1 Å². The van der Waals surface area contributed by atoms with E-state index in [0.29, 0.717) is 12.6 Å². The average Bonchev–Trinajstić information content (AvgIpc) is 2.40. The van der Waals surface area contributed by atoms with Gasteiger partial charge >= 0.3 is 6.01 Å². The zero-order chi connectivity index (χ0) is 14.5. The summed E-state index contributed by atoms with van der Waals surface area (Å²) in [5.41, 5.74) is 3.32. The van der Waals surface area contributed by atoms with Gasteiger partial charge in [0.1, 0.15) is 0 Å². The van der Waals surface area contributed by atoms with Gasteiger partial charge < -0.3 is 10.1 Å². The number of hydrogen-bond donors (Lipinski definition) is 1. The van der Waals surface area contributed by atoms with E-state index in [0.717, 1.165) is 12.1 Å². The third-order valence-electron chi connectivity index (χ3n) is 2.79. The Morgan fingerprint density at radius 1 is 1.15 bits per heavy atom. The van der Waals surface area contributed by atoms with Crippen molar-refractivity contribution in [2.75, 3.05) is 11.9 Å². The Kier molecular flexibility index (Phi) is 4.74. The van der Waals surface area contributed by atoms with Crippen LogP contribution in [0.4, 0.5) is 11.6 Å². The molecule has 1 N–H and O–H groups in total. The van der Waals surface area contributed by atoms with E-state index in [-0.39, 0.29) is 11.3 Å². The van der Waals surface area contributed by atoms with Crippen LogP contribution in [0.5, 0.6) is 6.01 Å². The van der Waals surface area contributed by atoms with Crippen molar-refractivity contribution in [1.82, 2.24) is 15.0 Å². The third-order valence-corrected chi connectivity index (χ3v) is 2.95. The summed E-state index contributed by atoms with van der Waals surface area (Å²) in [7, 11) is 0. The van der Waals surface area contributed by atoms with Gasteiger partial charge in [-0.2, -0.15) is 15.0 Å². The van der Waals surface area contributed by atoms with Crippen LogP contribution in [0.1, 0.15) is 24.5 Å². The lowest BCUT2D eigenvalue weighted by atomic mass is 10.1. The van der Waals surface area contributed by atoms with Crippen LogP contribution in [0.2, 0.25) is 5.28 Å². The van der Waals surface area contributed by atoms with Crippen molar-refractivity contribution in [3.63, 3.8) is 0 Å². The van der Waals surface area contributed by atoms with Crippen molar-refractivity contribution in [3.8, 4) is 6.01 Å². The van der Waals surface area contributed by atoms with Crippen LogP contribution in [0.3, 0.4) is 0 Å². The monoisotopic (exact) mass is 292 g/mol. The van der Waals surface area contributed by atoms with Gasteiger partial charge in [0.25, 0.3) is 0 Å². The topological polar surface area (TPSA) is 59.9 Å². The van der Waals surface area contributed by atoms with Crippen LogP contribution in [0, 0.1) is 13.8 Å². The first-order valence-electron chi connectivity index (χ1n) is 6.47. The molecule has 0 atom stereocenters. The number of halogens is 1. The van der Waals surface area contributed by atoms with E-state index >= 15 is 0 Å². The predicted molar refractivity (Wildman–Crippen MR) is 79.8 cm³/mol. The molecule has 1 aromatic carbocycles. The number of aromatic nitrogens is 3. The van der Waals surface area contributed by atoms with Crippen molar-refractivity contribution < 1.29 is 4.74 Å². The Bertz CT molecular complexity index is 604.